The number of thioether (sulfide) groups is 1. The summed E-state index contributed by atoms with van der Waals surface area (Å²) in [4.78, 5) is 11.7. The molecule has 0 aliphatic rings. The molecule has 0 spiro atoms. The number of methoxy groups -OCH3 is 1. The predicted octanol–water partition coefficient (Wildman–Crippen LogP) is 3.65. The van der Waals surface area contributed by atoms with Gasteiger partial charge in [0.15, 0.2) is 5.78 Å². The Balaban J connectivity index is 3.07. The number of Topliss-reactive ketones (excluding diaryl/α,β-unsaturated/α-hetero) is 1. The van der Waals surface area contributed by atoms with Gasteiger partial charge in [-0.25, -0.2) is 0 Å². The van der Waals surface area contributed by atoms with Crippen molar-refractivity contribution in [3.63, 3.8) is 0 Å². The third-order valence-corrected chi connectivity index (χ3v) is 2.97. The highest BCUT2D eigenvalue weighted by atomic mass is 32.2. The number of hydrogen-bond donors (Lipinski definition) is 0. The molecule has 2 nitrogen and oxygen atoms in total. The summed E-state index contributed by atoms with van der Waals surface area (Å²) in [6.45, 7) is 0. The van der Waals surface area contributed by atoms with E-state index in [0.717, 1.165) is 6.07 Å². The van der Waals surface area contributed by atoms with Gasteiger partial charge in [0.1, 0.15) is 5.75 Å². The summed E-state index contributed by atoms with van der Waals surface area (Å²) < 4.78 is 42.9. The van der Waals surface area contributed by atoms with Gasteiger partial charge in [-0.15, -0.1) is 0 Å². The van der Waals surface area contributed by atoms with Crippen LogP contribution in [-0.4, -0.2) is 24.9 Å². The fourth-order valence-electron chi connectivity index (χ4n) is 1.44. The predicted molar refractivity (Wildman–Crippen MR) is 65.3 cm³/mol. The number of ether oxygens (including phenoxy) is 1. The lowest BCUT2D eigenvalue weighted by Gasteiger charge is -2.13. The van der Waals surface area contributed by atoms with Gasteiger partial charge in [0, 0.05) is 17.7 Å². The second kappa shape index (κ2) is 6.13. The van der Waals surface area contributed by atoms with Crippen LogP contribution in [0.4, 0.5) is 13.2 Å². The highest BCUT2D eigenvalue weighted by molar-refractivity contribution is 7.98. The van der Waals surface area contributed by atoms with Gasteiger partial charge in [0.25, 0.3) is 0 Å². The van der Waals surface area contributed by atoms with Crippen LogP contribution in [0.3, 0.4) is 0 Å². The summed E-state index contributed by atoms with van der Waals surface area (Å²) in [6.07, 6.45) is -2.46. The van der Waals surface area contributed by atoms with Crippen molar-refractivity contribution in [2.75, 3.05) is 19.1 Å². The summed E-state index contributed by atoms with van der Waals surface area (Å²) in [5.41, 5.74) is -0.850. The zero-order valence-corrected chi connectivity index (χ0v) is 10.8. The molecule has 0 aliphatic heterocycles. The zero-order chi connectivity index (χ0) is 13.8. The molecule has 0 amide bonds. The van der Waals surface area contributed by atoms with Gasteiger partial charge in [0.05, 0.1) is 12.7 Å². The normalized spacial score (nSPS) is 11.4. The standard InChI is InChI=1S/C12H13F3O2S/c1-17-11-4-3-8(10(16)5-6-18-2)7-9(11)12(13,14)15/h3-4,7H,5-6H2,1-2H3. The van der Waals surface area contributed by atoms with E-state index in [1.54, 1.807) is 0 Å². The number of alkyl halides is 3. The van der Waals surface area contributed by atoms with Crippen molar-refractivity contribution in [2.45, 2.75) is 12.6 Å². The largest absolute Gasteiger partial charge is 0.496 e. The molecule has 0 heterocycles. The van der Waals surface area contributed by atoms with E-state index in [9.17, 15) is 18.0 Å². The van der Waals surface area contributed by atoms with E-state index in [1.807, 2.05) is 6.26 Å². The first-order valence-corrected chi connectivity index (χ1v) is 6.57. The minimum atomic E-state index is -4.53. The first kappa shape index (κ1) is 14.9. The van der Waals surface area contributed by atoms with Crippen LogP contribution in [-0.2, 0) is 6.18 Å². The van der Waals surface area contributed by atoms with E-state index in [2.05, 4.69) is 4.74 Å². The second-order valence-corrected chi connectivity index (χ2v) is 4.56. The van der Waals surface area contributed by atoms with Crippen molar-refractivity contribution in [1.29, 1.82) is 0 Å². The first-order valence-electron chi connectivity index (χ1n) is 5.17. The van der Waals surface area contributed by atoms with Crippen molar-refractivity contribution in [2.24, 2.45) is 0 Å². The van der Waals surface area contributed by atoms with Gasteiger partial charge in [-0.3, -0.25) is 4.79 Å². The van der Waals surface area contributed by atoms with Crippen molar-refractivity contribution >= 4 is 17.5 Å². The Morgan fingerprint density at radius 2 is 2.06 bits per heavy atom. The van der Waals surface area contributed by atoms with Gasteiger partial charge < -0.3 is 4.74 Å². The Morgan fingerprint density at radius 1 is 1.39 bits per heavy atom. The molecule has 0 unspecified atom stereocenters. The molecule has 1 rings (SSSR count). The summed E-state index contributed by atoms with van der Waals surface area (Å²) >= 11 is 1.47. The van der Waals surface area contributed by atoms with E-state index < -0.39 is 11.7 Å². The summed E-state index contributed by atoms with van der Waals surface area (Å²) in [5, 5.41) is 0. The maximum atomic E-state index is 12.7. The maximum Gasteiger partial charge on any atom is 0.419 e. The van der Waals surface area contributed by atoms with Crippen LogP contribution >= 0.6 is 11.8 Å². The lowest BCUT2D eigenvalue weighted by Crippen LogP contribution is -2.10. The molecule has 0 atom stereocenters. The van der Waals surface area contributed by atoms with Crippen LogP contribution in [0.1, 0.15) is 22.3 Å². The summed E-state index contributed by atoms with van der Waals surface area (Å²) in [7, 11) is 1.17. The third-order valence-electron chi connectivity index (χ3n) is 2.36. The van der Waals surface area contributed by atoms with E-state index in [1.165, 1.54) is 31.0 Å². The van der Waals surface area contributed by atoms with Gasteiger partial charge in [-0.05, 0) is 24.5 Å². The van der Waals surface area contributed by atoms with Crippen molar-refractivity contribution in [3.05, 3.63) is 29.3 Å². The van der Waals surface area contributed by atoms with Gasteiger partial charge in [-0.1, -0.05) is 0 Å². The average Bonchev–Trinajstić information content (AvgIpc) is 2.34. The molecule has 0 radical (unpaired) electrons. The van der Waals surface area contributed by atoms with Crippen LogP contribution in [0.2, 0.25) is 0 Å². The quantitative estimate of drug-likeness (QED) is 0.769. The monoisotopic (exact) mass is 278 g/mol. The number of ketones is 1. The molecular weight excluding hydrogens is 265 g/mol. The van der Waals surface area contributed by atoms with Crippen LogP contribution in [0.15, 0.2) is 18.2 Å². The number of carbonyl (C=O) groups is 1. The average molecular weight is 278 g/mol. The lowest BCUT2D eigenvalue weighted by molar-refractivity contribution is -0.138. The van der Waals surface area contributed by atoms with E-state index in [0.29, 0.717) is 5.75 Å². The fraction of sp³-hybridized carbons (Fsp3) is 0.417. The maximum absolute atomic E-state index is 12.7. The topological polar surface area (TPSA) is 26.3 Å². The van der Waals surface area contributed by atoms with Crippen LogP contribution in [0.25, 0.3) is 0 Å². The molecule has 100 valence electrons. The fourth-order valence-corrected chi connectivity index (χ4v) is 1.83. The molecule has 0 aromatic heterocycles. The highest BCUT2D eigenvalue weighted by Gasteiger charge is 2.34. The molecule has 6 heteroatoms. The molecule has 18 heavy (non-hydrogen) atoms. The van der Waals surface area contributed by atoms with Crippen molar-refractivity contribution in [3.8, 4) is 5.75 Å². The first-order chi connectivity index (χ1) is 8.40. The Morgan fingerprint density at radius 3 is 2.56 bits per heavy atom. The summed E-state index contributed by atoms with van der Waals surface area (Å²) in [6, 6.07) is 3.38. The highest BCUT2D eigenvalue weighted by Crippen LogP contribution is 2.36. The van der Waals surface area contributed by atoms with Crippen LogP contribution < -0.4 is 4.74 Å². The molecule has 0 bridgehead atoms. The number of benzene rings is 1. The minimum absolute atomic E-state index is 0.0668. The molecule has 1 aromatic rings. The summed E-state index contributed by atoms with van der Waals surface area (Å²) in [5.74, 6) is 0.0214. The van der Waals surface area contributed by atoms with Gasteiger partial charge >= 0.3 is 6.18 Å². The van der Waals surface area contributed by atoms with E-state index in [4.69, 9.17) is 0 Å². The number of carbonyl (C=O) groups excluding carboxylic acids is 1. The van der Waals surface area contributed by atoms with E-state index >= 15 is 0 Å². The van der Waals surface area contributed by atoms with Gasteiger partial charge in [0.2, 0.25) is 0 Å². The number of rotatable bonds is 5. The van der Waals surface area contributed by atoms with Crippen molar-refractivity contribution in [1.82, 2.24) is 0 Å². The smallest absolute Gasteiger partial charge is 0.419 e. The SMILES string of the molecule is COc1ccc(C(=O)CCSC)cc1C(F)(F)F. The number of halogens is 3. The van der Waals surface area contributed by atoms with Crippen LogP contribution in [0, 0.1) is 0 Å². The Kier molecular flexibility index (Phi) is 5.07. The molecule has 0 saturated heterocycles. The van der Waals surface area contributed by atoms with Crippen molar-refractivity contribution < 1.29 is 22.7 Å². The minimum Gasteiger partial charge on any atom is -0.496 e. The Bertz CT molecular complexity index is 430. The van der Waals surface area contributed by atoms with Crippen LogP contribution in [0.5, 0.6) is 5.75 Å². The Hall–Kier alpha value is -1.17. The second-order valence-electron chi connectivity index (χ2n) is 3.58. The Labute approximate surface area is 108 Å². The van der Waals surface area contributed by atoms with E-state index in [-0.39, 0.29) is 23.5 Å². The molecule has 1 aromatic carbocycles. The zero-order valence-electron chi connectivity index (χ0n) is 10.0. The molecule has 0 saturated carbocycles. The molecule has 0 fully saturated rings. The molecular formula is C12H13F3O2S. The van der Waals surface area contributed by atoms with Gasteiger partial charge in [-0.2, -0.15) is 24.9 Å². The lowest BCUT2D eigenvalue weighted by atomic mass is 10.0. The third kappa shape index (κ3) is 3.66. The number of hydrogen-bond acceptors (Lipinski definition) is 3. The molecule has 0 N–H and O–H groups in total. The molecule has 0 aliphatic carbocycles.